The number of benzene rings is 1. The molecule has 0 radical (unpaired) electrons. The molecule has 7 heteroatoms. The van der Waals surface area contributed by atoms with Crippen molar-refractivity contribution in [1.82, 2.24) is 9.97 Å². The largest absolute Gasteiger partial charge is 0.321 e. The molecule has 3 aromatic rings. The maximum absolute atomic E-state index is 13.1. The van der Waals surface area contributed by atoms with Crippen molar-refractivity contribution in [2.24, 2.45) is 0 Å². The Morgan fingerprint density at radius 3 is 2.86 bits per heavy atom. The molecule has 1 amide bonds. The first-order valence-electron chi connectivity index (χ1n) is 6.41. The molecule has 0 aliphatic rings. The van der Waals surface area contributed by atoms with Gasteiger partial charge in [-0.1, -0.05) is 12.1 Å². The minimum Gasteiger partial charge on any atom is -0.321 e. The molecule has 3 rings (SSSR count). The van der Waals surface area contributed by atoms with E-state index in [1.54, 1.807) is 23.7 Å². The molecular weight excluding hydrogens is 303 g/mol. The topological polar surface area (TPSA) is 66.9 Å². The van der Waals surface area contributed by atoms with Gasteiger partial charge in [-0.15, -0.1) is 11.3 Å². The summed E-state index contributed by atoms with van der Waals surface area (Å²) < 4.78 is 13.1. The van der Waals surface area contributed by atoms with Gasteiger partial charge in [0.25, 0.3) is 5.91 Å². The number of rotatable bonds is 4. The Kier molecular flexibility index (Phi) is 4.06. The third-order valence-electron chi connectivity index (χ3n) is 2.72. The number of hydrogen-bond donors (Lipinski definition) is 2. The zero-order chi connectivity index (χ0) is 15.4. The van der Waals surface area contributed by atoms with Crippen LogP contribution in [-0.4, -0.2) is 15.9 Å². The summed E-state index contributed by atoms with van der Waals surface area (Å²) in [5.74, 6) is -0.154. The van der Waals surface area contributed by atoms with Crippen molar-refractivity contribution in [3.8, 4) is 0 Å². The molecule has 2 aromatic heterocycles. The van der Waals surface area contributed by atoms with Crippen molar-refractivity contribution in [3.63, 3.8) is 0 Å². The minimum absolute atomic E-state index is 0.257. The molecule has 0 aliphatic carbocycles. The molecule has 2 N–H and O–H groups in total. The van der Waals surface area contributed by atoms with Crippen LogP contribution in [0.3, 0.4) is 0 Å². The summed E-state index contributed by atoms with van der Waals surface area (Å²) in [6.45, 7) is 0. The molecule has 0 fully saturated rings. The predicted octanol–water partition coefficient (Wildman–Crippen LogP) is 3.67. The number of amides is 1. The van der Waals surface area contributed by atoms with Crippen LogP contribution >= 0.6 is 11.3 Å². The smallest absolute Gasteiger partial charge is 0.275 e. The van der Waals surface area contributed by atoms with Crippen molar-refractivity contribution >= 4 is 33.9 Å². The van der Waals surface area contributed by atoms with E-state index in [0.717, 1.165) is 0 Å². The lowest BCUT2D eigenvalue weighted by molar-refractivity contribution is 0.102. The van der Waals surface area contributed by atoms with Crippen LogP contribution < -0.4 is 10.6 Å². The van der Waals surface area contributed by atoms with Crippen LogP contribution in [-0.2, 0) is 0 Å². The van der Waals surface area contributed by atoms with Crippen LogP contribution in [0.15, 0.2) is 54.0 Å². The molecule has 1 aromatic carbocycles. The van der Waals surface area contributed by atoms with E-state index in [1.807, 2.05) is 12.1 Å². The first kappa shape index (κ1) is 14.2. The number of aromatic nitrogens is 2. The first-order chi connectivity index (χ1) is 10.7. The fourth-order valence-electron chi connectivity index (χ4n) is 1.74. The van der Waals surface area contributed by atoms with Crippen LogP contribution in [0.25, 0.3) is 0 Å². The van der Waals surface area contributed by atoms with Crippen LogP contribution in [0.4, 0.5) is 21.0 Å². The average Bonchev–Trinajstić information content (AvgIpc) is 2.97. The molecule has 0 saturated carbocycles. The molecule has 0 aliphatic heterocycles. The lowest BCUT2D eigenvalue weighted by Gasteiger charge is -2.03. The van der Waals surface area contributed by atoms with Gasteiger partial charge in [0.1, 0.15) is 17.3 Å². The standard InChI is InChI=1S/C15H11FN4OS/c16-10-4-3-5-11(8-10)18-14(21)12-9-22-15(19-12)20-13-6-1-2-7-17-13/h1-9H,(H,18,21)(H,17,19,20). The quantitative estimate of drug-likeness (QED) is 0.771. The lowest BCUT2D eigenvalue weighted by Crippen LogP contribution is -2.12. The van der Waals surface area contributed by atoms with Crippen LogP contribution in [0.5, 0.6) is 0 Å². The predicted molar refractivity (Wildman–Crippen MR) is 84.0 cm³/mol. The number of halogens is 1. The Labute approximate surface area is 129 Å². The van der Waals surface area contributed by atoms with E-state index in [-0.39, 0.29) is 5.69 Å². The maximum Gasteiger partial charge on any atom is 0.275 e. The van der Waals surface area contributed by atoms with E-state index in [2.05, 4.69) is 20.6 Å². The molecule has 22 heavy (non-hydrogen) atoms. The third kappa shape index (κ3) is 3.44. The van der Waals surface area contributed by atoms with Crippen molar-refractivity contribution in [3.05, 3.63) is 65.6 Å². The number of pyridine rings is 1. The number of carbonyl (C=O) groups excluding carboxylic acids is 1. The fraction of sp³-hybridized carbons (Fsp3) is 0. The van der Waals surface area contributed by atoms with Crippen molar-refractivity contribution in [2.75, 3.05) is 10.6 Å². The molecular formula is C15H11FN4OS. The highest BCUT2D eigenvalue weighted by Gasteiger charge is 2.11. The van der Waals surface area contributed by atoms with Gasteiger partial charge in [0.2, 0.25) is 0 Å². The Morgan fingerprint density at radius 1 is 1.18 bits per heavy atom. The normalized spacial score (nSPS) is 10.2. The average molecular weight is 314 g/mol. The fourth-order valence-corrected chi connectivity index (χ4v) is 2.44. The SMILES string of the molecule is O=C(Nc1cccc(F)c1)c1csc(Nc2ccccn2)n1. The van der Waals surface area contributed by atoms with Gasteiger partial charge in [-0.05, 0) is 30.3 Å². The number of hydrogen-bond acceptors (Lipinski definition) is 5. The van der Waals surface area contributed by atoms with Gasteiger partial charge in [0.15, 0.2) is 5.13 Å². The van der Waals surface area contributed by atoms with Crippen LogP contribution in [0, 0.1) is 5.82 Å². The number of carbonyl (C=O) groups is 1. The Balaban J connectivity index is 1.69. The second-order valence-corrected chi connectivity index (χ2v) is 5.20. The molecule has 0 bridgehead atoms. The first-order valence-corrected chi connectivity index (χ1v) is 7.29. The Hall–Kier alpha value is -2.80. The van der Waals surface area contributed by atoms with E-state index >= 15 is 0 Å². The molecule has 2 heterocycles. The van der Waals surface area contributed by atoms with Gasteiger partial charge in [-0.25, -0.2) is 14.4 Å². The zero-order valence-corrected chi connectivity index (χ0v) is 12.1. The van der Waals surface area contributed by atoms with Crippen molar-refractivity contribution < 1.29 is 9.18 Å². The monoisotopic (exact) mass is 314 g/mol. The summed E-state index contributed by atoms with van der Waals surface area (Å²) in [4.78, 5) is 20.4. The Bertz CT molecular complexity index is 791. The second kappa shape index (κ2) is 6.31. The third-order valence-corrected chi connectivity index (χ3v) is 3.48. The number of nitrogens with zero attached hydrogens (tertiary/aromatic N) is 2. The highest BCUT2D eigenvalue weighted by molar-refractivity contribution is 7.14. The van der Waals surface area contributed by atoms with Gasteiger partial charge < -0.3 is 10.6 Å². The summed E-state index contributed by atoms with van der Waals surface area (Å²) in [7, 11) is 0. The summed E-state index contributed by atoms with van der Waals surface area (Å²) in [5.41, 5.74) is 0.643. The molecule has 110 valence electrons. The van der Waals surface area contributed by atoms with Gasteiger partial charge in [0, 0.05) is 17.3 Å². The summed E-state index contributed by atoms with van der Waals surface area (Å²) in [6.07, 6.45) is 1.66. The van der Waals surface area contributed by atoms with Gasteiger partial charge in [-0.2, -0.15) is 0 Å². The van der Waals surface area contributed by atoms with E-state index in [0.29, 0.717) is 16.6 Å². The highest BCUT2D eigenvalue weighted by Crippen LogP contribution is 2.20. The molecule has 0 atom stereocenters. The number of thiazole rings is 1. The summed E-state index contributed by atoms with van der Waals surface area (Å²) in [5, 5.41) is 7.79. The number of anilines is 3. The lowest BCUT2D eigenvalue weighted by atomic mass is 10.3. The minimum atomic E-state index is -0.409. The molecule has 0 spiro atoms. The van der Waals surface area contributed by atoms with Gasteiger partial charge in [0.05, 0.1) is 0 Å². The van der Waals surface area contributed by atoms with Crippen LogP contribution in [0.2, 0.25) is 0 Å². The summed E-state index contributed by atoms with van der Waals surface area (Å²) >= 11 is 1.29. The second-order valence-electron chi connectivity index (χ2n) is 4.34. The molecule has 0 unspecified atom stereocenters. The van der Waals surface area contributed by atoms with Gasteiger partial charge >= 0.3 is 0 Å². The zero-order valence-electron chi connectivity index (χ0n) is 11.3. The van der Waals surface area contributed by atoms with Crippen molar-refractivity contribution in [1.29, 1.82) is 0 Å². The van der Waals surface area contributed by atoms with Crippen molar-refractivity contribution in [2.45, 2.75) is 0 Å². The highest BCUT2D eigenvalue weighted by atomic mass is 32.1. The maximum atomic E-state index is 13.1. The van der Waals surface area contributed by atoms with E-state index in [1.165, 1.54) is 29.5 Å². The number of nitrogens with one attached hydrogen (secondary N) is 2. The molecule has 5 nitrogen and oxygen atoms in total. The van der Waals surface area contributed by atoms with E-state index < -0.39 is 11.7 Å². The summed E-state index contributed by atoms with van der Waals surface area (Å²) in [6, 6.07) is 11.2. The van der Waals surface area contributed by atoms with Crippen LogP contribution in [0.1, 0.15) is 10.5 Å². The van der Waals surface area contributed by atoms with Gasteiger partial charge in [-0.3, -0.25) is 4.79 Å². The molecule has 0 saturated heterocycles. The Morgan fingerprint density at radius 2 is 2.09 bits per heavy atom. The van der Waals surface area contributed by atoms with E-state index in [4.69, 9.17) is 0 Å². The van der Waals surface area contributed by atoms with E-state index in [9.17, 15) is 9.18 Å².